The van der Waals surface area contributed by atoms with E-state index in [1.54, 1.807) is 25.3 Å². The number of nitrogens with one attached hydrogen (secondary N) is 2. The first-order valence-corrected chi connectivity index (χ1v) is 6.58. The summed E-state index contributed by atoms with van der Waals surface area (Å²) in [6.45, 7) is 3.95. The second-order valence-electron chi connectivity index (χ2n) is 4.83. The van der Waals surface area contributed by atoms with E-state index in [4.69, 9.17) is 10.5 Å². The molecule has 0 atom stereocenters. The van der Waals surface area contributed by atoms with Crippen molar-refractivity contribution in [3.05, 3.63) is 47.5 Å². The van der Waals surface area contributed by atoms with Crippen molar-refractivity contribution < 1.29 is 9.53 Å². The lowest BCUT2D eigenvalue weighted by molar-refractivity contribution is 0.262. The summed E-state index contributed by atoms with van der Waals surface area (Å²) in [6.07, 6.45) is 0. The van der Waals surface area contributed by atoms with Crippen molar-refractivity contribution in [1.82, 2.24) is 0 Å². The van der Waals surface area contributed by atoms with Gasteiger partial charge in [-0.3, -0.25) is 0 Å². The molecule has 0 aliphatic carbocycles. The first-order chi connectivity index (χ1) is 9.99. The lowest BCUT2D eigenvalue weighted by atomic mass is 10.1. The van der Waals surface area contributed by atoms with E-state index >= 15 is 0 Å². The Morgan fingerprint density at radius 1 is 1.10 bits per heavy atom. The van der Waals surface area contributed by atoms with Crippen LogP contribution in [0.15, 0.2) is 36.4 Å². The first kappa shape index (κ1) is 14.7. The molecule has 2 aromatic carbocycles. The number of hydrogen-bond donors (Lipinski definition) is 3. The molecule has 0 fully saturated rings. The van der Waals surface area contributed by atoms with Gasteiger partial charge in [-0.2, -0.15) is 0 Å². The molecule has 0 bridgehead atoms. The number of ether oxygens (including phenoxy) is 1. The fourth-order valence-electron chi connectivity index (χ4n) is 1.93. The van der Waals surface area contributed by atoms with Gasteiger partial charge >= 0.3 is 6.03 Å². The van der Waals surface area contributed by atoms with Crippen LogP contribution in [0.4, 0.5) is 21.9 Å². The van der Waals surface area contributed by atoms with Gasteiger partial charge in [0.1, 0.15) is 5.75 Å². The van der Waals surface area contributed by atoms with Gasteiger partial charge in [-0.25, -0.2) is 4.79 Å². The zero-order valence-electron chi connectivity index (χ0n) is 12.4. The number of carbonyl (C=O) groups excluding carboxylic acids is 1. The van der Waals surface area contributed by atoms with E-state index in [9.17, 15) is 4.79 Å². The van der Waals surface area contributed by atoms with Gasteiger partial charge in [0, 0.05) is 11.8 Å². The standard InChI is InChI=1S/C16H19N3O2/c1-10-7-14(17)15(8-11(10)2)19-16(20)18-12-5-4-6-13(9-12)21-3/h4-9H,17H2,1-3H3,(H2,18,19,20). The zero-order valence-corrected chi connectivity index (χ0v) is 12.4. The highest BCUT2D eigenvalue weighted by molar-refractivity contribution is 6.01. The minimum absolute atomic E-state index is 0.349. The second-order valence-corrected chi connectivity index (χ2v) is 4.83. The fraction of sp³-hybridized carbons (Fsp3) is 0.188. The molecule has 0 unspecified atom stereocenters. The normalized spacial score (nSPS) is 10.0. The number of nitrogens with two attached hydrogens (primary N) is 1. The van der Waals surface area contributed by atoms with Crippen molar-refractivity contribution in [1.29, 1.82) is 0 Å². The van der Waals surface area contributed by atoms with Crippen LogP contribution in [0.3, 0.4) is 0 Å². The van der Waals surface area contributed by atoms with E-state index in [1.807, 2.05) is 32.0 Å². The number of aryl methyl sites for hydroxylation is 2. The van der Waals surface area contributed by atoms with E-state index in [-0.39, 0.29) is 6.03 Å². The quantitative estimate of drug-likeness (QED) is 0.755. The molecular formula is C16H19N3O2. The molecule has 0 saturated carbocycles. The predicted octanol–water partition coefficient (Wildman–Crippen LogP) is 3.54. The smallest absolute Gasteiger partial charge is 0.323 e. The van der Waals surface area contributed by atoms with Crippen LogP contribution < -0.4 is 21.1 Å². The summed E-state index contributed by atoms with van der Waals surface area (Å²) in [4.78, 5) is 12.0. The van der Waals surface area contributed by atoms with Crippen LogP contribution in [0.5, 0.6) is 5.75 Å². The lowest BCUT2D eigenvalue weighted by Crippen LogP contribution is -2.20. The molecule has 0 saturated heterocycles. The minimum Gasteiger partial charge on any atom is -0.497 e. The average molecular weight is 285 g/mol. The molecule has 0 aliphatic rings. The summed E-state index contributed by atoms with van der Waals surface area (Å²) < 4.78 is 5.11. The SMILES string of the molecule is COc1cccc(NC(=O)Nc2cc(C)c(C)cc2N)c1. The number of anilines is 3. The van der Waals surface area contributed by atoms with Crippen molar-refractivity contribution in [2.75, 3.05) is 23.5 Å². The molecular weight excluding hydrogens is 266 g/mol. The molecule has 0 spiro atoms. The number of benzene rings is 2. The van der Waals surface area contributed by atoms with Gasteiger partial charge in [0.25, 0.3) is 0 Å². The van der Waals surface area contributed by atoms with Gasteiger partial charge in [-0.05, 0) is 49.2 Å². The van der Waals surface area contributed by atoms with Gasteiger partial charge in [0.05, 0.1) is 18.5 Å². The van der Waals surface area contributed by atoms with Crippen LogP contribution >= 0.6 is 0 Å². The Labute approximate surface area is 124 Å². The lowest BCUT2D eigenvalue weighted by Gasteiger charge is -2.12. The zero-order chi connectivity index (χ0) is 15.4. The number of carbonyl (C=O) groups is 1. The number of rotatable bonds is 3. The van der Waals surface area contributed by atoms with Gasteiger partial charge in [-0.15, -0.1) is 0 Å². The maximum absolute atomic E-state index is 12.0. The van der Waals surface area contributed by atoms with Crippen LogP contribution in [0.2, 0.25) is 0 Å². The van der Waals surface area contributed by atoms with Crippen LogP contribution in [0, 0.1) is 13.8 Å². The molecule has 21 heavy (non-hydrogen) atoms. The summed E-state index contributed by atoms with van der Waals surface area (Å²) in [5.41, 5.74) is 9.86. The largest absolute Gasteiger partial charge is 0.497 e. The van der Waals surface area contributed by atoms with Crippen molar-refractivity contribution in [2.45, 2.75) is 13.8 Å². The van der Waals surface area contributed by atoms with E-state index < -0.39 is 0 Å². The Balaban J connectivity index is 2.09. The van der Waals surface area contributed by atoms with Crippen LogP contribution in [-0.2, 0) is 0 Å². The van der Waals surface area contributed by atoms with Crippen molar-refractivity contribution in [2.24, 2.45) is 0 Å². The van der Waals surface area contributed by atoms with Crippen molar-refractivity contribution >= 4 is 23.1 Å². The van der Waals surface area contributed by atoms with E-state index in [0.717, 1.165) is 11.1 Å². The van der Waals surface area contributed by atoms with Gasteiger partial charge in [0.15, 0.2) is 0 Å². The molecule has 5 nitrogen and oxygen atoms in total. The Bertz CT molecular complexity index is 669. The molecule has 0 aromatic heterocycles. The summed E-state index contributed by atoms with van der Waals surface area (Å²) >= 11 is 0. The van der Waals surface area contributed by atoms with Gasteiger partial charge in [-0.1, -0.05) is 6.07 Å². The van der Waals surface area contributed by atoms with Crippen molar-refractivity contribution in [3.63, 3.8) is 0 Å². The van der Waals surface area contributed by atoms with E-state index in [1.165, 1.54) is 0 Å². The Morgan fingerprint density at radius 3 is 2.52 bits per heavy atom. The molecule has 2 aromatic rings. The fourth-order valence-corrected chi connectivity index (χ4v) is 1.93. The Hall–Kier alpha value is -2.69. The number of nitrogen functional groups attached to an aromatic ring is 1. The summed E-state index contributed by atoms with van der Waals surface area (Å²) in [6, 6.07) is 10.5. The van der Waals surface area contributed by atoms with Gasteiger partial charge in [0.2, 0.25) is 0 Å². The molecule has 0 heterocycles. The van der Waals surface area contributed by atoms with Crippen molar-refractivity contribution in [3.8, 4) is 5.75 Å². The molecule has 0 aliphatic heterocycles. The topological polar surface area (TPSA) is 76.4 Å². The summed E-state index contributed by atoms with van der Waals surface area (Å²) in [5.74, 6) is 0.679. The first-order valence-electron chi connectivity index (χ1n) is 6.58. The molecule has 0 radical (unpaired) electrons. The summed E-state index contributed by atoms with van der Waals surface area (Å²) in [5, 5.41) is 5.49. The second kappa shape index (κ2) is 6.17. The van der Waals surface area contributed by atoms with Crippen LogP contribution in [-0.4, -0.2) is 13.1 Å². The highest BCUT2D eigenvalue weighted by Crippen LogP contribution is 2.23. The maximum Gasteiger partial charge on any atom is 0.323 e. The van der Waals surface area contributed by atoms with Crippen LogP contribution in [0.25, 0.3) is 0 Å². The van der Waals surface area contributed by atoms with Gasteiger partial charge < -0.3 is 21.1 Å². The Kier molecular flexibility index (Phi) is 4.33. The highest BCUT2D eigenvalue weighted by atomic mass is 16.5. The molecule has 5 heteroatoms. The Morgan fingerprint density at radius 2 is 1.81 bits per heavy atom. The minimum atomic E-state index is -0.349. The predicted molar refractivity (Wildman–Crippen MR) is 86.0 cm³/mol. The molecule has 4 N–H and O–H groups in total. The van der Waals surface area contributed by atoms with E-state index in [0.29, 0.717) is 22.8 Å². The highest BCUT2D eigenvalue weighted by Gasteiger charge is 2.07. The molecule has 110 valence electrons. The monoisotopic (exact) mass is 285 g/mol. The maximum atomic E-state index is 12.0. The molecule has 2 amide bonds. The number of hydrogen-bond acceptors (Lipinski definition) is 3. The number of urea groups is 1. The molecule has 2 rings (SSSR count). The average Bonchev–Trinajstić information content (AvgIpc) is 2.45. The number of methoxy groups -OCH3 is 1. The third-order valence-electron chi connectivity index (χ3n) is 3.24. The van der Waals surface area contributed by atoms with E-state index in [2.05, 4.69) is 10.6 Å². The van der Waals surface area contributed by atoms with Crippen LogP contribution in [0.1, 0.15) is 11.1 Å². The number of amides is 2. The summed E-state index contributed by atoms with van der Waals surface area (Å²) in [7, 11) is 1.58. The third kappa shape index (κ3) is 3.66. The third-order valence-corrected chi connectivity index (χ3v) is 3.24.